The zero-order valence-electron chi connectivity index (χ0n) is 21.0. The summed E-state index contributed by atoms with van der Waals surface area (Å²) in [6, 6.07) is 15.0. The van der Waals surface area contributed by atoms with Crippen molar-refractivity contribution in [1.29, 1.82) is 0 Å². The van der Waals surface area contributed by atoms with Gasteiger partial charge in [-0.15, -0.1) is 0 Å². The van der Waals surface area contributed by atoms with Crippen LogP contribution >= 0.6 is 0 Å². The molecule has 3 amide bonds. The predicted molar refractivity (Wildman–Crippen MR) is 143 cm³/mol. The van der Waals surface area contributed by atoms with Crippen molar-refractivity contribution in [1.82, 2.24) is 16.0 Å². The van der Waals surface area contributed by atoms with Crippen LogP contribution in [0, 0.1) is 0 Å². The summed E-state index contributed by atoms with van der Waals surface area (Å²) in [6.45, 7) is -0.195. The number of rotatable bonds is 15. The second kappa shape index (κ2) is 15.6. The van der Waals surface area contributed by atoms with Crippen molar-refractivity contribution in [2.75, 3.05) is 13.1 Å². The molecule has 204 valence electrons. The molecule has 0 fully saturated rings. The molecule has 0 saturated carbocycles. The van der Waals surface area contributed by atoms with Crippen molar-refractivity contribution in [3.63, 3.8) is 0 Å². The maximum absolute atomic E-state index is 13.0. The van der Waals surface area contributed by atoms with Gasteiger partial charge in [0.05, 0.1) is 12.6 Å². The molecule has 0 spiro atoms. The van der Waals surface area contributed by atoms with Gasteiger partial charge in [-0.05, 0) is 30.4 Å². The number of carboxylic acids is 1. The van der Waals surface area contributed by atoms with Crippen molar-refractivity contribution in [2.45, 2.75) is 43.8 Å². The Balaban J connectivity index is 1.98. The van der Waals surface area contributed by atoms with Gasteiger partial charge in [0.1, 0.15) is 12.1 Å². The van der Waals surface area contributed by atoms with Crippen molar-refractivity contribution in [3.8, 4) is 0 Å². The molecule has 0 aliphatic rings. The van der Waals surface area contributed by atoms with Gasteiger partial charge in [0.15, 0.2) is 5.96 Å². The van der Waals surface area contributed by atoms with Crippen LogP contribution in [0.4, 0.5) is 0 Å². The fraction of sp³-hybridized carbons (Fsp3) is 0.346. The van der Waals surface area contributed by atoms with E-state index in [0.29, 0.717) is 12.8 Å². The number of nitrogens with one attached hydrogen (secondary N) is 3. The Kier molecular flexibility index (Phi) is 12.2. The molecule has 0 aromatic heterocycles. The Bertz CT molecular complexity index is 1090. The molecule has 0 aliphatic carbocycles. The Morgan fingerprint density at radius 2 is 1.39 bits per heavy atom. The number of guanidine groups is 1. The van der Waals surface area contributed by atoms with Gasteiger partial charge >= 0.3 is 5.97 Å². The standard InChI is InChI=1S/C26H35N7O5/c27-19(14-17-8-3-1-4-9-17)23(35)31-16-22(34)32-21(15-18-10-5-2-6-11-18)24(36)33-20(25(37)38)12-7-13-30-26(28)29/h1-6,8-11,19-21H,7,12-16,27H2,(H,31,35)(H,32,34)(H,33,36)(H,37,38)(H4,28,29,30). The summed E-state index contributed by atoms with van der Waals surface area (Å²) in [7, 11) is 0. The second-order valence-electron chi connectivity index (χ2n) is 8.67. The van der Waals surface area contributed by atoms with Gasteiger partial charge in [-0.1, -0.05) is 60.7 Å². The highest BCUT2D eigenvalue weighted by atomic mass is 16.4. The van der Waals surface area contributed by atoms with Gasteiger partial charge in [0.25, 0.3) is 0 Å². The minimum atomic E-state index is -1.23. The molecule has 3 unspecified atom stereocenters. The molecular weight excluding hydrogens is 490 g/mol. The molecule has 0 bridgehead atoms. The summed E-state index contributed by atoms with van der Waals surface area (Å²) in [5.74, 6) is -3.16. The van der Waals surface area contributed by atoms with Gasteiger partial charge in [-0.25, -0.2) is 4.79 Å². The molecule has 0 aliphatic heterocycles. The van der Waals surface area contributed by atoms with E-state index < -0.39 is 48.4 Å². The average Bonchev–Trinajstić information content (AvgIpc) is 2.89. The summed E-state index contributed by atoms with van der Waals surface area (Å²) < 4.78 is 0. The molecule has 12 heteroatoms. The minimum absolute atomic E-state index is 0.0826. The first kappa shape index (κ1) is 29.8. The highest BCUT2D eigenvalue weighted by molar-refractivity contribution is 5.92. The Morgan fingerprint density at radius 3 is 1.95 bits per heavy atom. The highest BCUT2D eigenvalue weighted by Crippen LogP contribution is 2.06. The molecule has 0 radical (unpaired) electrons. The number of benzene rings is 2. The van der Waals surface area contributed by atoms with Gasteiger partial charge in [0.2, 0.25) is 17.7 Å². The van der Waals surface area contributed by atoms with E-state index in [1.54, 1.807) is 24.3 Å². The van der Waals surface area contributed by atoms with Crippen molar-refractivity contribution < 1.29 is 24.3 Å². The summed E-state index contributed by atoms with van der Waals surface area (Å²) in [5, 5.41) is 17.1. The van der Waals surface area contributed by atoms with Crippen LogP contribution in [0.1, 0.15) is 24.0 Å². The van der Waals surface area contributed by atoms with Crippen LogP contribution < -0.4 is 33.2 Å². The van der Waals surface area contributed by atoms with Gasteiger partial charge in [-0.2, -0.15) is 0 Å². The lowest BCUT2D eigenvalue weighted by Crippen LogP contribution is -2.54. The van der Waals surface area contributed by atoms with E-state index in [1.165, 1.54) is 0 Å². The fourth-order valence-corrected chi connectivity index (χ4v) is 3.60. The second-order valence-corrected chi connectivity index (χ2v) is 8.67. The lowest BCUT2D eigenvalue weighted by Gasteiger charge is -2.22. The topological polar surface area (TPSA) is 215 Å². The normalized spacial score (nSPS) is 12.9. The largest absolute Gasteiger partial charge is 0.480 e. The first-order valence-electron chi connectivity index (χ1n) is 12.1. The van der Waals surface area contributed by atoms with Crippen LogP contribution in [0.25, 0.3) is 0 Å². The number of carbonyl (C=O) groups excluding carboxylic acids is 3. The van der Waals surface area contributed by atoms with E-state index in [1.807, 2.05) is 36.4 Å². The van der Waals surface area contributed by atoms with E-state index in [9.17, 15) is 24.3 Å². The quantitative estimate of drug-likeness (QED) is 0.0869. The molecule has 0 saturated heterocycles. The Morgan fingerprint density at radius 1 is 0.816 bits per heavy atom. The van der Waals surface area contributed by atoms with Crippen LogP contribution in [-0.4, -0.2) is 66.0 Å². The lowest BCUT2D eigenvalue weighted by molar-refractivity contribution is -0.142. The predicted octanol–water partition coefficient (Wildman–Crippen LogP) is -0.977. The van der Waals surface area contributed by atoms with E-state index in [4.69, 9.17) is 17.2 Å². The maximum Gasteiger partial charge on any atom is 0.326 e. The van der Waals surface area contributed by atoms with Crippen LogP contribution in [0.5, 0.6) is 0 Å². The average molecular weight is 526 g/mol. The lowest BCUT2D eigenvalue weighted by atomic mass is 10.0. The number of hydrogen-bond donors (Lipinski definition) is 7. The van der Waals surface area contributed by atoms with Crippen molar-refractivity contribution in [3.05, 3.63) is 71.8 Å². The smallest absolute Gasteiger partial charge is 0.326 e. The monoisotopic (exact) mass is 525 g/mol. The minimum Gasteiger partial charge on any atom is -0.480 e. The summed E-state index contributed by atoms with van der Waals surface area (Å²) >= 11 is 0. The molecule has 12 nitrogen and oxygen atoms in total. The van der Waals surface area contributed by atoms with Crippen molar-refractivity contribution >= 4 is 29.7 Å². The highest BCUT2D eigenvalue weighted by Gasteiger charge is 2.27. The van der Waals surface area contributed by atoms with Gasteiger partial charge < -0.3 is 38.3 Å². The zero-order valence-corrected chi connectivity index (χ0v) is 21.0. The number of amides is 3. The molecule has 10 N–H and O–H groups in total. The fourth-order valence-electron chi connectivity index (χ4n) is 3.60. The van der Waals surface area contributed by atoms with E-state index in [-0.39, 0.29) is 25.3 Å². The summed E-state index contributed by atoms with van der Waals surface area (Å²) in [5.41, 5.74) is 18.1. The SMILES string of the molecule is NC(N)=NCCCC(NC(=O)C(Cc1ccccc1)NC(=O)CNC(=O)C(N)Cc1ccccc1)C(=O)O. The van der Waals surface area contributed by atoms with Crippen molar-refractivity contribution in [2.24, 2.45) is 22.2 Å². The summed E-state index contributed by atoms with van der Waals surface area (Å²) in [6.07, 6.45) is 0.812. The first-order valence-corrected chi connectivity index (χ1v) is 12.1. The van der Waals surface area contributed by atoms with E-state index >= 15 is 0 Å². The molecule has 38 heavy (non-hydrogen) atoms. The van der Waals surface area contributed by atoms with Crippen LogP contribution in [0.2, 0.25) is 0 Å². The van der Waals surface area contributed by atoms with Crippen LogP contribution in [-0.2, 0) is 32.0 Å². The number of nitrogens with zero attached hydrogens (tertiary/aromatic N) is 1. The number of hydrogen-bond acceptors (Lipinski definition) is 6. The maximum atomic E-state index is 13.0. The number of carbonyl (C=O) groups is 4. The third-order valence-corrected chi connectivity index (χ3v) is 5.55. The van der Waals surface area contributed by atoms with E-state index in [0.717, 1.165) is 11.1 Å². The van der Waals surface area contributed by atoms with Gasteiger partial charge in [0, 0.05) is 13.0 Å². The Labute approximate surface area is 221 Å². The van der Waals surface area contributed by atoms with Crippen LogP contribution in [0.3, 0.4) is 0 Å². The van der Waals surface area contributed by atoms with Crippen LogP contribution in [0.15, 0.2) is 65.7 Å². The molecule has 2 rings (SSSR count). The summed E-state index contributed by atoms with van der Waals surface area (Å²) in [4.78, 5) is 53.5. The number of nitrogens with two attached hydrogens (primary N) is 3. The first-order chi connectivity index (χ1) is 18.2. The third-order valence-electron chi connectivity index (χ3n) is 5.55. The number of aliphatic carboxylic acids is 1. The molecule has 0 heterocycles. The zero-order chi connectivity index (χ0) is 27.9. The van der Waals surface area contributed by atoms with E-state index in [2.05, 4.69) is 20.9 Å². The number of carboxylic acid groups (broad SMARTS) is 1. The molecule has 2 aromatic rings. The number of aliphatic imine (C=N–C) groups is 1. The Hall–Kier alpha value is -4.45. The molecular formula is C26H35N7O5. The molecule has 3 atom stereocenters. The third kappa shape index (κ3) is 11.1. The molecule has 2 aromatic carbocycles. The van der Waals surface area contributed by atoms with Gasteiger partial charge in [-0.3, -0.25) is 19.4 Å².